The van der Waals surface area contributed by atoms with Crippen LogP contribution in [-0.2, 0) is 14.8 Å². The van der Waals surface area contributed by atoms with Gasteiger partial charge in [-0.1, -0.05) is 18.2 Å². The van der Waals surface area contributed by atoms with Crippen molar-refractivity contribution < 1.29 is 32.3 Å². The van der Waals surface area contributed by atoms with Gasteiger partial charge in [0.05, 0.1) is 4.90 Å². The first-order valence-electron chi connectivity index (χ1n) is 8.41. The number of nitrogens with one attached hydrogen (secondary N) is 3. The van der Waals surface area contributed by atoms with E-state index < -0.39 is 40.4 Å². The topological polar surface area (TPSA) is 181 Å². The number of carbonyl (C=O) groups excluding carboxylic acids is 2. The normalized spacial score (nSPS) is 12.2. The van der Waals surface area contributed by atoms with Crippen LogP contribution in [0.3, 0.4) is 0 Å². The molecule has 1 atom stereocenters. The Balaban J connectivity index is 2.00. The van der Waals surface area contributed by atoms with Gasteiger partial charge in [0, 0.05) is 19.6 Å². The van der Waals surface area contributed by atoms with E-state index in [4.69, 9.17) is 10.2 Å². The lowest BCUT2D eigenvalue weighted by Gasteiger charge is -2.15. The summed E-state index contributed by atoms with van der Waals surface area (Å²) >= 11 is 0. The second-order valence-electron chi connectivity index (χ2n) is 5.74. The number of carbonyl (C=O) groups is 3. The minimum atomic E-state index is -4.10. The van der Waals surface area contributed by atoms with Crippen molar-refractivity contribution in [1.29, 1.82) is 0 Å². The van der Waals surface area contributed by atoms with Crippen molar-refractivity contribution in [1.82, 2.24) is 15.4 Å². The summed E-state index contributed by atoms with van der Waals surface area (Å²) < 4.78 is 31.7. The van der Waals surface area contributed by atoms with Gasteiger partial charge in [-0.2, -0.15) is 4.72 Å². The number of rotatable bonds is 10. The summed E-state index contributed by atoms with van der Waals surface area (Å²) in [5.74, 6) is -3.21. The van der Waals surface area contributed by atoms with E-state index in [9.17, 15) is 27.9 Å². The number of amides is 2. The zero-order valence-electron chi connectivity index (χ0n) is 15.1. The summed E-state index contributed by atoms with van der Waals surface area (Å²) in [5, 5.41) is 14.0. The number of benzene rings is 1. The number of carboxylic acids is 1. The Morgan fingerprint density at radius 1 is 1.00 bits per heavy atom. The van der Waals surface area contributed by atoms with E-state index >= 15 is 0 Å². The molecule has 1 unspecified atom stereocenters. The average molecular weight is 424 g/mol. The standard InChI is InChI=1S/C17H20N4O7S/c18-8-9-19-15(22)13-6-7-14(28-13)16(23)20-10-12(17(24)25)21-29(26,27)11-4-2-1-3-5-11/h1-7,12,21H,8-10,18H2,(H,19,22)(H,20,23)(H,24,25). The molecule has 12 heteroatoms. The van der Waals surface area contributed by atoms with Crippen LogP contribution in [0.4, 0.5) is 0 Å². The van der Waals surface area contributed by atoms with Gasteiger partial charge in [0.1, 0.15) is 6.04 Å². The van der Waals surface area contributed by atoms with Gasteiger partial charge >= 0.3 is 5.97 Å². The highest BCUT2D eigenvalue weighted by Gasteiger charge is 2.26. The van der Waals surface area contributed by atoms with E-state index in [0.717, 1.165) is 0 Å². The quantitative estimate of drug-likeness (QED) is 0.326. The van der Waals surface area contributed by atoms with Crippen molar-refractivity contribution in [3.8, 4) is 0 Å². The molecule has 6 N–H and O–H groups in total. The molecule has 2 aromatic rings. The van der Waals surface area contributed by atoms with E-state index in [0.29, 0.717) is 0 Å². The maximum atomic E-state index is 12.3. The number of furan rings is 1. The van der Waals surface area contributed by atoms with Crippen molar-refractivity contribution in [3.05, 3.63) is 54.0 Å². The van der Waals surface area contributed by atoms with Crippen molar-refractivity contribution in [2.75, 3.05) is 19.6 Å². The Hall–Kier alpha value is -3.22. The first-order chi connectivity index (χ1) is 13.7. The van der Waals surface area contributed by atoms with Crippen LogP contribution in [0.2, 0.25) is 0 Å². The third kappa shape index (κ3) is 6.14. The molecule has 0 saturated heterocycles. The molecule has 0 aliphatic carbocycles. The fraction of sp³-hybridized carbons (Fsp3) is 0.235. The summed E-state index contributed by atoms with van der Waals surface area (Å²) in [7, 11) is -4.10. The van der Waals surface area contributed by atoms with E-state index in [2.05, 4.69) is 10.6 Å². The molecule has 1 aromatic carbocycles. The molecule has 0 saturated carbocycles. The molecule has 0 fully saturated rings. The van der Waals surface area contributed by atoms with Gasteiger partial charge in [-0.15, -0.1) is 0 Å². The Kier molecular flexibility index (Phi) is 7.47. The molecule has 2 amide bonds. The van der Waals surface area contributed by atoms with Gasteiger partial charge in [0.2, 0.25) is 10.0 Å². The third-order valence-corrected chi connectivity index (χ3v) is 5.09. The highest BCUT2D eigenvalue weighted by atomic mass is 32.2. The molecule has 0 aliphatic heterocycles. The minimum absolute atomic E-state index is 0.114. The van der Waals surface area contributed by atoms with E-state index in [1.807, 2.05) is 4.72 Å². The molecule has 1 heterocycles. The predicted octanol–water partition coefficient (Wildman–Crippen LogP) is -0.870. The van der Waals surface area contributed by atoms with Crippen LogP contribution < -0.4 is 21.1 Å². The van der Waals surface area contributed by atoms with Crippen LogP contribution in [0.1, 0.15) is 21.1 Å². The highest BCUT2D eigenvalue weighted by molar-refractivity contribution is 7.89. The van der Waals surface area contributed by atoms with E-state index in [-0.39, 0.29) is 29.5 Å². The predicted molar refractivity (Wildman–Crippen MR) is 101 cm³/mol. The number of hydrogen-bond donors (Lipinski definition) is 5. The third-order valence-electron chi connectivity index (χ3n) is 3.60. The molecular weight excluding hydrogens is 404 g/mol. The lowest BCUT2D eigenvalue weighted by atomic mass is 10.3. The maximum absolute atomic E-state index is 12.3. The average Bonchev–Trinajstić information content (AvgIpc) is 3.20. The molecule has 156 valence electrons. The zero-order valence-corrected chi connectivity index (χ0v) is 15.9. The van der Waals surface area contributed by atoms with Gasteiger partial charge in [-0.05, 0) is 24.3 Å². The van der Waals surface area contributed by atoms with Gasteiger partial charge in [0.15, 0.2) is 11.5 Å². The number of hydrogen-bond acceptors (Lipinski definition) is 7. The summed E-state index contributed by atoms with van der Waals surface area (Å²) in [4.78, 5) is 35.1. The minimum Gasteiger partial charge on any atom is -0.480 e. The molecular formula is C17H20N4O7S. The van der Waals surface area contributed by atoms with Crippen LogP contribution in [0, 0.1) is 0 Å². The SMILES string of the molecule is NCCNC(=O)c1ccc(C(=O)NCC(NS(=O)(=O)c2ccccc2)C(=O)O)o1. The summed E-state index contributed by atoms with van der Waals surface area (Å²) in [6.45, 7) is -0.0895. The molecule has 0 bridgehead atoms. The largest absolute Gasteiger partial charge is 0.480 e. The molecule has 29 heavy (non-hydrogen) atoms. The highest BCUT2D eigenvalue weighted by Crippen LogP contribution is 2.09. The van der Waals surface area contributed by atoms with Gasteiger partial charge in [-0.25, -0.2) is 8.42 Å². The number of carboxylic acid groups (broad SMARTS) is 1. The summed E-state index contributed by atoms with van der Waals surface area (Å²) in [6.07, 6.45) is 0. The van der Waals surface area contributed by atoms with Gasteiger partial charge < -0.3 is 25.9 Å². The van der Waals surface area contributed by atoms with Crippen molar-refractivity contribution in [2.45, 2.75) is 10.9 Å². The molecule has 0 aliphatic rings. The van der Waals surface area contributed by atoms with Gasteiger partial charge in [0.25, 0.3) is 11.8 Å². The Bertz CT molecular complexity index is 973. The lowest BCUT2D eigenvalue weighted by Crippen LogP contribution is -2.48. The molecule has 0 radical (unpaired) electrons. The molecule has 1 aromatic heterocycles. The first kappa shape index (κ1) is 22.1. The van der Waals surface area contributed by atoms with Crippen LogP contribution >= 0.6 is 0 Å². The Morgan fingerprint density at radius 2 is 1.59 bits per heavy atom. The molecule has 0 spiro atoms. The van der Waals surface area contributed by atoms with Crippen LogP contribution in [-0.4, -0.2) is 57.0 Å². The Morgan fingerprint density at radius 3 is 2.14 bits per heavy atom. The second-order valence-corrected chi connectivity index (χ2v) is 7.46. The molecule has 11 nitrogen and oxygen atoms in total. The second kappa shape index (κ2) is 9.82. The van der Waals surface area contributed by atoms with Crippen LogP contribution in [0.25, 0.3) is 0 Å². The van der Waals surface area contributed by atoms with Crippen LogP contribution in [0.15, 0.2) is 51.8 Å². The van der Waals surface area contributed by atoms with Crippen molar-refractivity contribution >= 4 is 27.8 Å². The Labute approximate surface area is 166 Å². The fourth-order valence-corrected chi connectivity index (χ4v) is 3.38. The van der Waals surface area contributed by atoms with E-state index in [1.54, 1.807) is 6.07 Å². The van der Waals surface area contributed by atoms with Gasteiger partial charge in [-0.3, -0.25) is 14.4 Å². The summed E-state index contributed by atoms with van der Waals surface area (Å²) in [5.41, 5.74) is 5.28. The lowest BCUT2D eigenvalue weighted by molar-refractivity contribution is -0.138. The number of nitrogens with two attached hydrogens (primary N) is 1. The van der Waals surface area contributed by atoms with Crippen molar-refractivity contribution in [3.63, 3.8) is 0 Å². The maximum Gasteiger partial charge on any atom is 0.323 e. The fourth-order valence-electron chi connectivity index (χ4n) is 2.17. The van der Waals surface area contributed by atoms with E-state index in [1.165, 1.54) is 36.4 Å². The number of sulfonamides is 1. The smallest absolute Gasteiger partial charge is 0.323 e. The first-order valence-corrected chi connectivity index (χ1v) is 9.89. The monoisotopic (exact) mass is 424 g/mol. The summed E-state index contributed by atoms with van der Waals surface area (Å²) in [6, 6.07) is 8.09. The zero-order chi connectivity index (χ0) is 21.4. The number of aliphatic carboxylic acids is 1. The molecule has 2 rings (SSSR count). The van der Waals surface area contributed by atoms with Crippen molar-refractivity contribution in [2.24, 2.45) is 5.73 Å². The van der Waals surface area contributed by atoms with Crippen LogP contribution in [0.5, 0.6) is 0 Å².